The number of amides is 1. The van der Waals surface area contributed by atoms with Crippen molar-refractivity contribution in [1.29, 1.82) is 0 Å². The molecule has 3 N–H and O–H groups in total. The summed E-state index contributed by atoms with van der Waals surface area (Å²) in [6.07, 6.45) is 2.32. The van der Waals surface area contributed by atoms with Gasteiger partial charge in [-0.05, 0) is 77.7 Å². The summed E-state index contributed by atoms with van der Waals surface area (Å²) in [5.41, 5.74) is 2.13. The lowest BCUT2D eigenvalue weighted by molar-refractivity contribution is -0.139. The molecule has 10 nitrogen and oxygen atoms in total. The van der Waals surface area contributed by atoms with Crippen LogP contribution >= 0.6 is 11.6 Å². The number of nitrogens with one attached hydrogen (secondary N) is 2. The number of imidazole rings is 1. The Kier molecular flexibility index (Phi) is 11.2. The topological polar surface area (TPSA) is 118 Å². The summed E-state index contributed by atoms with van der Waals surface area (Å²) in [6, 6.07) is 12.0. The molecule has 0 aliphatic heterocycles. The zero-order valence-corrected chi connectivity index (χ0v) is 25.3. The average molecular weight is 586 g/mol. The van der Waals surface area contributed by atoms with E-state index in [-0.39, 0.29) is 19.5 Å². The maximum atomic E-state index is 11.9. The van der Waals surface area contributed by atoms with Gasteiger partial charge >= 0.3 is 12.1 Å². The number of aliphatic carboxylic acids is 1. The summed E-state index contributed by atoms with van der Waals surface area (Å²) >= 11 is 6.25. The summed E-state index contributed by atoms with van der Waals surface area (Å²) in [7, 11) is 6.10. The van der Waals surface area contributed by atoms with Gasteiger partial charge in [0.25, 0.3) is 0 Å². The molecule has 11 heteroatoms. The Labute approximate surface area is 246 Å². The number of rotatable bonds is 13. The molecule has 1 aromatic heterocycles. The number of nitrogens with zero attached hydrogens (tertiary/aromatic N) is 3. The molecule has 0 unspecified atom stereocenters. The Morgan fingerprint density at radius 1 is 1.15 bits per heavy atom. The molecule has 0 radical (unpaired) electrons. The van der Waals surface area contributed by atoms with E-state index in [0.717, 1.165) is 35.6 Å². The van der Waals surface area contributed by atoms with Gasteiger partial charge in [-0.15, -0.1) is 0 Å². The highest BCUT2D eigenvalue weighted by molar-refractivity contribution is 6.30. The van der Waals surface area contributed by atoms with Gasteiger partial charge in [-0.1, -0.05) is 17.7 Å². The fourth-order valence-electron chi connectivity index (χ4n) is 4.04. The Hall–Kier alpha value is -3.60. The summed E-state index contributed by atoms with van der Waals surface area (Å²) < 4.78 is 13.5. The van der Waals surface area contributed by atoms with Gasteiger partial charge in [0.05, 0.1) is 11.9 Å². The van der Waals surface area contributed by atoms with Crippen molar-refractivity contribution in [3.05, 3.63) is 65.1 Å². The van der Waals surface area contributed by atoms with Crippen LogP contribution in [0.5, 0.6) is 11.5 Å². The number of likely N-dealkylation sites (N-methyl/N-ethyl adjacent to an activating group) is 1. The predicted octanol–water partition coefficient (Wildman–Crippen LogP) is 5.09. The van der Waals surface area contributed by atoms with Crippen LogP contribution < -0.4 is 15.4 Å². The number of carboxylic acids is 1. The van der Waals surface area contributed by atoms with Crippen LogP contribution in [-0.2, 0) is 29.5 Å². The van der Waals surface area contributed by atoms with Gasteiger partial charge in [0.1, 0.15) is 29.0 Å². The average Bonchev–Trinajstić information content (AvgIpc) is 3.25. The quantitative estimate of drug-likeness (QED) is 0.254. The zero-order chi connectivity index (χ0) is 30.2. The molecule has 3 rings (SSSR count). The number of carbonyl (C=O) groups is 2. The second kappa shape index (κ2) is 14.3. The number of alkyl carbamates (subject to hydrolysis) is 1. The minimum absolute atomic E-state index is 0.142. The number of carbonyl (C=O) groups excluding carboxylic acids is 1. The van der Waals surface area contributed by atoms with Gasteiger partial charge < -0.3 is 34.7 Å². The first-order chi connectivity index (χ1) is 19.3. The standard InChI is InChI=1S/C30H40ClN5O5/c1-30(2,3)41-29(39)32-15-13-24(28(37)38)33-18-21-7-10-22(31)17-26(21)40-23-11-8-20(9-12-23)25-19-34-27(36(25)6)14-16-35(4)5/h7-12,17,19,24,33H,13-16,18H2,1-6H3,(H,32,39)(H,37,38)/t24-/m0/s1. The van der Waals surface area contributed by atoms with Crippen LogP contribution in [0.1, 0.15) is 38.6 Å². The molecule has 0 aliphatic carbocycles. The molecule has 0 bridgehead atoms. The minimum atomic E-state index is -1.02. The maximum absolute atomic E-state index is 11.9. The van der Waals surface area contributed by atoms with Crippen molar-refractivity contribution in [3.8, 4) is 22.8 Å². The van der Waals surface area contributed by atoms with E-state index in [2.05, 4.69) is 25.1 Å². The van der Waals surface area contributed by atoms with Crippen LogP contribution in [0.15, 0.2) is 48.7 Å². The van der Waals surface area contributed by atoms with Crippen molar-refractivity contribution in [3.63, 3.8) is 0 Å². The second-order valence-electron chi connectivity index (χ2n) is 11.0. The first kappa shape index (κ1) is 31.9. The van der Waals surface area contributed by atoms with Gasteiger partial charge in [-0.25, -0.2) is 9.78 Å². The predicted molar refractivity (Wildman–Crippen MR) is 160 cm³/mol. The third kappa shape index (κ3) is 10.1. The fraction of sp³-hybridized carbons (Fsp3) is 0.433. The van der Waals surface area contributed by atoms with E-state index in [0.29, 0.717) is 16.5 Å². The van der Waals surface area contributed by atoms with E-state index in [9.17, 15) is 14.7 Å². The lowest BCUT2D eigenvalue weighted by atomic mass is 10.1. The highest BCUT2D eigenvalue weighted by atomic mass is 35.5. The smallest absolute Gasteiger partial charge is 0.407 e. The van der Waals surface area contributed by atoms with Gasteiger partial charge in [0.15, 0.2) is 0 Å². The monoisotopic (exact) mass is 585 g/mol. The SMILES string of the molecule is CN(C)CCc1ncc(-c2ccc(Oc3cc(Cl)ccc3CN[C@@H](CCNC(=O)OC(C)(C)C)C(=O)O)cc2)n1C. The van der Waals surface area contributed by atoms with Crippen LogP contribution in [0, 0.1) is 0 Å². The first-order valence-electron chi connectivity index (χ1n) is 13.5. The van der Waals surface area contributed by atoms with Crippen LogP contribution in [0.25, 0.3) is 11.3 Å². The summed E-state index contributed by atoms with van der Waals surface area (Å²) in [6.45, 7) is 6.57. The number of hydrogen-bond acceptors (Lipinski definition) is 7. The van der Waals surface area contributed by atoms with E-state index < -0.39 is 23.7 Å². The van der Waals surface area contributed by atoms with Crippen LogP contribution in [0.4, 0.5) is 4.79 Å². The number of hydrogen-bond donors (Lipinski definition) is 3. The highest BCUT2D eigenvalue weighted by Gasteiger charge is 2.20. The molecule has 222 valence electrons. The van der Waals surface area contributed by atoms with Crippen molar-refractivity contribution in [2.75, 3.05) is 27.2 Å². The number of benzene rings is 2. The molecule has 1 amide bonds. The molecule has 1 atom stereocenters. The molecule has 3 aromatic rings. The largest absolute Gasteiger partial charge is 0.480 e. The van der Waals surface area contributed by atoms with Gasteiger partial charge in [-0.3, -0.25) is 4.79 Å². The van der Waals surface area contributed by atoms with Crippen LogP contribution in [0.3, 0.4) is 0 Å². The third-order valence-corrected chi connectivity index (χ3v) is 6.45. The zero-order valence-electron chi connectivity index (χ0n) is 24.5. The molecule has 1 heterocycles. The Morgan fingerprint density at radius 2 is 1.85 bits per heavy atom. The van der Waals surface area contributed by atoms with Crippen molar-refractivity contribution in [2.45, 2.75) is 51.8 Å². The normalized spacial score (nSPS) is 12.3. The van der Waals surface area contributed by atoms with Crippen molar-refractivity contribution in [2.24, 2.45) is 7.05 Å². The fourth-order valence-corrected chi connectivity index (χ4v) is 4.20. The lowest BCUT2D eigenvalue weighted by Crippen LogP contribution is -2.40. The van der Waals surface area contributed by atoms with Crippen molar-refractivity contribution in [1.82, 2.24) is 25.1 Å². The van der Waals surface area contributed by atoms with Gasteiger partial charge in [-0.2, -0.15) is 0 Å². The molecular formula is C30H40ClN5O5. The molecule has 0 aliphatic rings. The van der Waals surface area contributed by atoms with Gasteiger partial charge in [0.2, 0.25) is 0 Å². The van der Waals surface area contributed by atoms with Crippen molar-refractivity contribution >= 4 is 23.7 Å². The van der Waals surface area contributed by atoms with Crippen LogP contribution in [-0.4, -0.2) is 70.4 Å². The minimum Gasteiger partial charge on any atom is -0.480 e. The van der Waals surface area contributed by atoms with E-state index >= 15 is 0 Å². The lowest BCUT2D eigenvalue weighted by Gasteiger charge is -2.20. The molecule has 0 saturated heterocycles. The van der Waals surface area contributed by atoms with E-state index in [1.165, 1.54) is 0 Å². The highest BCUT2D eigenvalue weighted by Crippen LogP contribution is 2.30. The van der Waals surface area contributed by atoms with Crippen molar-refractivity contribution < 1.29 is 24.2 Å². The second-order valence-corrected chi connectivity index (χ2v) is 11.5. The maximum Gasteiger partial charge on any atom is 0.407 e. The number of ether oxygens (including phenoxy) is 2. The van der Waals surface area contributed by atoms with E-state index in [1.54, 1.807) is 39.0 Å². The molecular weight excluding hydrogens is 546 g/mol. The number of carboxylic acid groups (broad SMARTS) is 1. The molecule has 0 spiro atoms. The number of halogens is 1. The van der Waals surface area contributed by atoms with E-state index in [1.807, 2.05) is 51.6 Å². The summed E-state index contributed by atoms with van der Waals surface area (Å²) in [5.74, 6) is 1.12. The van der Waals surface area contributed by atoms with E-state index in [4.69, 9.17) is 21.1 Å². The third-order valence-electron chi connectivity index (χ3n) is 6.21. The Morgan fingerprint density at radius 3 is 2.49 bits per heavy atom. The summed E-state index contributed by atoms with van der Waals surface area (Å²) in [5, 5.41) is 15.8. The summed E-state index contributed by atoms with van der Waals surface area (Å²) in [4.78, 5) is 30.4. The molecule has 0 fully saturated rings. The van der Waals surface area contributed by atoms with Gasteiger partial charge in [0, 0.05) is 49.3 Å². The number of aromatic nitrogens is 2. The first-order valence-corrected chi connectivity index (χ1v) is 13.9. The van der Waals surface area contributed by atoms with Crippen LogP contribution in [0.2, 0.25) is 5.02 Å². The Balaban J connectivity index is 1.64. The molecule has 0 saturated carbocycles. The Bertz CT molecular complexity index is 1320. The molecule has 2 aromatic carbocycles. The molecule has 41 heavy (non-hydrogen) atoms.